The Kier molecular flexibility index (Phi) is 2.87. The molecule has 4 aromatic heterocycles. The Hall–Kier alpha value is -2.47. The largest absolute Gasteiger partial charge is 0.295 e. The number of aromatic nitrogens is 5. The van der Waals surface area contributed by atoms with E-state index in [1.165, 1.54) is 11.4 Å². The van der Waals surface area contributed by atoms with Crippen molar-refractivity contribution in [2.24, 2.45) is 0 Å². The first-order valence-electron chi connectivity index (χ1n) is 7.06. The number of nitrogens with zero attached hydrogens (tertiary/aromatic N) is 4. The van der Waals surface area contributed by atoms with Crippen molar-refractivity contribution in [1.82, 2.24) is 24.7 Å². The first-order valence-corrected chi connectivity index (χ1v) is 7.87. The lowest BCUT2D eigenvalue weighted by molar-refractivity contribution is 0.955. The van der Waals surface area contributed by atoms with Crippen molar-refractivity contribution >= 4 is 21.6 Å². The van der Waals surface area contributed by atoms with Gasteiger partial charge in [0.15, 0.2) is 5.13 Å². The number of nitrogens with one attached hydrogen (secondary N) is 1. The minimum Gasteiger partial charge on any atom is -0.295 e. The van der Waals surface area contributed by atoms with Gasteiger partial charge in [-0.25, -0.2) is 4.98 Å². The predicted octanol–water partition coefficient (Wildman–Crippen LogP) is 3.80. The van der Waals surface area contributed by atoms with E-state index in [9.17, 15) is 0 Å². The summed E-state index contributed by atoms with van der Waals surface area (Å²) in [6.07, 6.45) is 3.64. The van der Waals surface area contributed by atoms with E-state index in [2.05, 4.69) is 51.8 Å². The summed E-state index contributed by atoms with van der Waals surface area (Å²) in [6, 6.07) is 6.29. The van der Waals surface area contributed by atoms with Crippen LogP contribution < -0.4 is 0 Å². The van der Waals surface area contributed by atoms with Gasteiger partial charge in [-0.2, -0.15) is 5.10 Å². The third-order valence-corrected chi connectivity index (χ3v) is 4.81. The van der Waals surface area contributed by atoms with Gasteiger partial charge in [0.2, 0.25) is 0 Å². The van der Waals surface area contributed by atoms with Gasteiger partial charge >= 0.3 is 0 Å². The standard InChI is InChI=1S/C16H15N5S/c1-9-7-18-20-15(9)12-6-14-13(8-17-12)19-16(22-14)21-10(2)4-5-11(21)3/h4-8H,1-3H3,(H,18,20). The number of H-pyrrole nitrogens is 1. The van der Waals surface area contributed by atoms with Crippen molar-refractivity contribution in [3.05, 3.63) is 47.5 Å². The first-order chi connectivity index (χ1) is 10.6. The molecule has 5 nitrogen and oxygen atoms in total. The molecule has 0 atom stereocenters. The molecule has 6 heteroatoms. The maximum atomic E-state index is 4.71. The molecule has 0 radical (unpaired) electrons. The Balaban J connectivity index is 1.87. The van der Waals surface area contributed by atoms with Crippen LogP contribution in [0.3, 0.4) is 0 Å². The van der Waals surface area contributed by atoms with Crippen LogP contribution in [0.5, 0.6) is 0 Å². The number of hydrogen-bond acceptors (Lipinski definition) is 4. The molecule has 110 valence electrons. The second kappa shape index (κ2) is 4.78. The average Bonchev–Trinajstić information content (AvgIpc) is 3.17. The number of hydrogen-bond donors (Lipinski definition) is 1. The average molecular weight is 309 g/mol. The quantitative estimate of drug-likeness (QED) is 0.613. The van der Waals surface area contributed by atoms with Gasteiger partial charge in [0.25, 0.3) is 0 Å². The molecule has 0 spiro atoms. The molecule has 22 heavy (non-hydrogen) atoms. The number of pyridine rings is 1. The van der Waals surface area contributed by atoms with Crippen LogP contribution in [0.4, 0.5) is 0 Å². The molecule has 0 aliphatic carbocycles. The molecule has 0 fully saturated rings. The van der Waals surface area contributed by atoms with Crippen molar-refractivity contribution in [3.8, 4) is 16.5 Å². The lowest BCUT2D eigenvalue weighted by atomic mass is 10.2. The molecule has 0 saturated heterocycles. The molecule has 0 saturated carbocycles. The lowest BCUT2D eigenvalue weighted by Crippen LogP contribution is -1.97. The van der Waals surface area contributed by atoms with Crippen LogP contribution >= 0.6 is 11.3 Å². The smallest absolute Gasteiger partial charge is 0.195 e. The summed E-state index contributed by atoms with van der Waals surface area (Å²) >= 11 is 1.68. The molecule has 4 aromatic rings. The number of thiazole rings is 1. The fourth-order valence-corrected chi connectivity index (χ4v) is 3.72. The third kappa shape index (κ3) is 1.95. The van der Waals surface area contributed by atoms with Crippen molar-refractivity contribution in [1.29, 1.82) is 0 Å². The highest BCUT2D eigenvalue weighted by Gasteiger charge is 2.12. The fraction of sp³-hybridized carbons (Fsp3) is 0.188. The molecule has 0 aliphatic heterocycles. The van der Waals surface area contributed by atoms with Crippen molar-refractivity contribution in [3.63, 3.8) is 0 Å². The summed E-state index contributed by atoms with van der Waals surface area (Å²) in [5, 5.41) is 8.05. The molecular formula is C16H15N5S. The van der Waals surface area contributed by atoms with E-state index in [0.717, 1.165) is 32.3 Å². The zero-order chi connectivity index (χ0) is 15.3. The van der Waals surface area contributed by atoms with Crippen LogP contribution in [0.1, 0.15) is 17.0 Å². The van der Waals surface area contributed by atoms with Gasteiger partial charge in [0, 0.05) is 11.4 Å². The first kappa shape index (κ1) is 13.2. The topological polar surface area (TPSA) is 59.4 Å². The van der Waals surface area contributed by atoms with Crippen LogP contribution in [0.25, 0.3) is 26.7 Å². The normalized spacial score (nSPS) is 11.4. The molecule has 0 bridgehead atoms. The van der Waals surface area contributed by atoms with Gasteiger partial charge in [0.1, 0.15) is 5.52 Å². The molecule has 4 rings (SSSR count). The van der Waals surface area contributed by atoms with Gasteiger partial charge in [-0.3, -0.25) is 14.6 Å². The highest BCUT2D eigenvalue weighted by atomic mass is 32.1. The Morgan fingerprint density at radius 2 is 1.86 bits per heavy atom. The summed E-state index contributed by atoms with van der Waals surface area (Å²) in [7, 11) is 0. The zero-order valence-corrected chi connectivity index (χ0v) is 13.4. The van der Waals surface area contributed by atoms with Crippen molar-refractivity contribution in [2.75, 3.05) is 0 Å². The number of rotatable bonds is 2. The Bertz CT molecular complexity index is 956. The summed E-state index contributed by atoms with van der Waals surface area (Å²) in [6.45, 7) is 6.21. The SMILES string of the molecule is Cc1cn[nH]c1-c1cc2sc(-n3c(C)ccc3C)nc2cn1. The highest BCUT2D eigenvalue weighted by molar-refractivity contribution is 7.20. The predicted molar refractivity (Wildman–Crippen MR) is 88.5 cm³/mol. The van der Waals surface area contributed by atoms with Gasteiger partial charge in [-0.1, -0.05) is 11.3 Å². The van der Waals surface area contributed by atoms with E-state index in [-0.39, 0.29) is 0 Å². The monoisotopic (exact) mass is 309 g/mol. The Labute approximate surface area is 131 Å². The van der Waals surface area contributed by atoms with Crippen molar-refractivity contribution < 1.29 is 0 Å². The van der Waals surface area contributed by atoms with Gasteiger partial charge in [-0.15, -0.1) is 0 Å². The van der Waals surface area contributed by atoms with E-state index in [1.807, 2.05) is 19.3 Å². The number of aryl methyl sites for hydroxylation is 3. The third-order valence-electron chi connectivity index (χ3n) is 3.81. The summed E-state index contributed by atoms with van der Waals surface area (Å²) in [5.74, 6) is 0. The highest BCUT2D eigenvalue weighted by Crippen LogP contribution is 2.30. The van der Waals surface area contributed by atoms with Gasteiger partial charge < -0.3 is 0 Å². The van der Waals surface area contributed by atoms with Gasteiger partial charge in [0.05, 0.1) is 28.5 Å². The van der Waals surface area contributed by atoms with E-state index < -0.39 is 0 Å². The molecular weight excluding hydrogens is 294 g/mol. The zero-order valence-electron chi connectivity index (χ0n) is 12.6. The van der Waals surface area contributed by atoms with Crippen LogP contribution in [-0.2, 0) is 0 Å². The number of aromatic amines is 1. The second-order valence-corrected chi connectivity index (χ2v) is 6.42. The van der Waals surface area contributed by atoms with E-state index in [4.69, 9.17) is 4.98 Å². The maximum Gasteiger partial charge on any atom is 0.195 e. The minimum atomic E-state index is 0.902. The van der Waals surface area contributed by atoms with Crippen LogP contribution in [0.15, 0.2) is 30.6 Å². The summed E-state index contributed by atoms with van der Waals surface area (Å²) in [5.41, 5.74) is 6.26. The molecule has 0 aliphatic rings. The van der Waals surface area contributed by atoms with E-state index in [0.29, 0.717) is 0 Å². The molecule has 0 amide bonds. The maximum absolute atomic E-state index is 4.71. The van der Waals surface area contributed by atoms with E-state index >= 15 is 0 Å². The van der Waals surface area contributed by atoms with E-state index in [1.54, 1.807) is 11.3 Å². The number of fused-ring (bicyclic) bond motifs is 1. The minimum absolute atomic E-state index is 0.902. The lowest BCUT2D eigenvalue weighted by Gasteiger charge is -2.03. The van der Waals surface area contributed by atoms with Crippen LogP contribution in [-0.4, -0.2) is 24.7 Å². The summed E-state index contributed by atoms with van der Waals surface area (Å²) < 4.78 is 3.30. The summed E-state index contributed by atoms with van der Waals surface area (Å²) in [4.78, 5) is 9.23. The second-order valence-electron chi connectivity index (χ2n) is 5.41. The van der Waals surface area contributed by atoms with Crippen LogP contribution in [0.2, 0.25) is 0 Å². The Morgan fingerprint density at radius 1 is 1.09 bits per heavy atom. The molecule has 0 aromatic carbocycles. The fourth-order valence-electron chi connectivity index (χ4n) is 2.63. The van der Waals surface area contributed by atoms with Crippen LogP contribution in [0, 0.1) is 20.8 Å². The van der Waals surface area contributed by atoms with Gasteiger partial charge in [-0.05, 0) is 44.5 Å². The Morgan fingerprint density at radius 3 is 2.55 bits per heavy atom. The molecule has 0 unspecified atom stereocenters. The molecule has 4 heterocycles. The molecule has 1 N–H and O–H groups in total. The van der Waals surface area contributed by atoms with Crippen molar-refractivity contribution in [2.45, 2.75) is 20.8 Å².